The maximum atomic E-state index is 14.1. The number of methoxy groups -OCH3 is 1. The van der Waals surface area contributed by atoms with Gasteiger partial charge >= 0.3 is 0 Å². The van der Waals surface area contributed by atoms with E-state index in [-0.39, 0.29) is 18.3 Å². The van der Waals surface area contributed by atoms with Gasteiger partial charge in [-0.15, -0.1) is 0 Å². The fourth-order valence-electron chi connectivity index (χ4n) is 2.78. The summed E-state index contributed by atoms with van der Waals surface area (Å²) < 4.78 is 31.3. The summed E-state index contributed by atoms with van der Waals surface area (Å²) in [4.78, 5) is 14.5. The number of halogens is 2. The van der Waals surface area contributed by atoms with Crippen LogP contribution < -0.4 is 14.2 Å². The number of hydrogen-bond acceptors (Lipinski definition) is 4. The summed E-state index contributed by atoms with van der Waals surface area (Å²) in [5, 5.41) is 0. The van der Waals surface area contributed by atoms with Crippen molar-refractivity contribution in [1.29, 1.82) is 0 Å². The van der Waals surface area contributed by atoms with Crippen LogP contribution in [0, 0.1) is 5.82 Å². The van der Waals surface area contributed by atoms with Gasteiger partial charge in [0, 0.05) is 28.7 Å². The van der Waals surface area contributed by atoms with Crippen molar-refractivity contribution in [2.24, 2.45) is 0 Å². The number of amides is 1. The SMILES string of the molecule is CCN(Cc1cc(Br)ccc1F)C(=O)c1cc(OC)c2c(c1)OCCO2. The van der Waals surface area contributed by atoms with Crippen LogP contribution >= 0.6 is 15.9 Å². The van der Waals surface area contributed by atoms with Crippen LogP contribution in [0.4, 0.5) is 4.39 Å². The lowest BCUT2D eigenvalue weighted by molar-refractivity contribution is 0.0749. The standard InChI is InChI=1S/C19H19BrFNO4/c1-3-22(11-13-8-14(20)4-5-15(13)21)19(23)12-9-16(24-2)18-17(10-12)25-6-7-26-18/h4-5,8-10H,3,6-7,11H2,1-2H3. The van der Waals surface area contributed by atoms with E-state index in [2.05, 4.69) is 15.9 Å². The molecule has 0 bridgehead atoms. The fourth-order valence-corrected chi connectivity index (χ4v) is 3.18. The molecule has 1 heterocycles. The van der Waals surface area contributed by atoms with Gasteiger partial charge < -0.3 is 19.1 Å². The Labute approximate surface area is 159 Å². The maximum Gasteiger partial charge on any atom is 0.254 e. The molecule has 2 aromatic rings. The monoisotopic (exact) mass is 423 g/mol. The fraction of sp³-hybridized carbons (Fsp3) is 0.316. The van der Waals surface area contributed by atoms with Gasteiger partial charge in [-0.05, 0) is 37.3 Å². The maximum absolute atomic E-state index is 14.1. The van der Waals surface area contributed by atoms with Crippen molar-refractivity contribution < 1.29 is 23.4 Å². The Morgan fingerprint density at radius 1 is 1.27 bits per heavy atom. The van der Waals surface area contributed by atoms with Gasteiger partial charge in [0.2, 0.25) is 5.75 Å². The number of rotatable bonds is 5. The largest absolute Gasteiger partial charge is 0.493 e. The third-order valence-electron chi connectivity index (χ3n) is 4.11. The minimum Gasteiger partial charge on any atom is -0.493 e. The van der Waals surface area contributed by atoms with Crippen LogP contribution in [0.2, 0.25) is 0 Å². The molecule has 7 heteroatoms. The molecule has 0 radical (unpaired) electrons. The Balaban J connectivity index is 1.90. The number of fused-ring (bicyclic) bond motifs is 1. The molecule has 1 amide bonds. The highest BCUT2D eigenvalue weighted by Gasteiger charge is 2.23. The van der Waals surface area contributed by atoms with Crippen molar-refractivity contribution in [2.45, 2.75) is 13.5 Å². The Morgan fingerprint density at radius 3 is 2.77 bits per heavy atom. The summed E-state index contributed by atoms with van der Waals surface area (Å²) in [5.41, 5.74) is 0.849. The molecule has 1 aliphatic rings. The van der Waals surface area contributed by atoms with Crippen molar-refractivity contribution in [1.82, 2.24) is 4.90 Å². The molecule has 3 rings (SSSR count). The molecule has 0 unspecified atom stereocenters. The molecule has 2 aromatic carbocycles. The number of carbonyl (C=O) groups excluding carboxylic acids is 1. The molecular weight excluding hydrogens is 405 g/mol. The van der Waals surface area contributed by atoms with E-state index in [1.54, 1.807) is 29.2 Å². The summed E-state index contributed by atoms with van der Waals surface area (Å²) in [7, 11) is 1.51. The van der Waals surface area contributed by atoms with Crippen LogP contribution in [0.25, 0.3) is 0 Å². The van der Waals surface area contributed by atoms with E-state index >= 15 is 0 Å². The molecule has 0 spiro atoms. The zero-order valence-corrected chi connectivity index (χ0v) is 16.1. The second kappa shape index (κ2) is 7.95. The average Bonchev–Trinajstić information content (AvgIpc) is 2.67. The highest BCUT2D eigenvalue weighted by molar-refractivity contribution is 9.10. The van der Waals surface area contributed by atoms with Gasteiger partial charge in [0.1, 0.15) is 19.0 Å². The van der Waals surface area contributed by atoms with Crippen LogP contribution in [-0.2, 0) is 6.54 Å². The summed E-state index contributed by atoms with van der Waals surface area (Å²) in [6.45, 7) is 3.29. The van der Waals surface area contributed by atoms with Gasteiger partial charge in [0.15, 0.2) is 11.5 Å². The van der Waals surface area contributed by atoms with Crippen LogP contribution in [0.3, 0.4) is 0 Å². The molecule has 0 N–H and O–H groups in total. The number of ether oxygens (including phenoxy) is 3. The summed E-state index contributed by atoms with van der Waals surface area (Å²) in [6.07, 6.45) is 0. The predicted octanol–water partition coefficient (Wildman–Crippen LogP) is 4.03. The summed E-state index contributed by atoms with van der Waals surface area (Å²) >= 11 is 3.33. The van der Waals surface area contributed by atoms with Crippen molar-refractivity contribution in [2.75, 3.05) is 26.9 Å². The first-order valence-electron chi connectivity index (χ1n) is 8.24. The van der Waals surface area contributed by atoms with Crippen LogP contribution in [0.5, 0.6) is 17.2 Å². The smallest absolute Gasteiger partial charge is 0.254 e. The van der Waals surface area contributed by atoms with E-state index in [4.69, 9.17) is 14.2 Å². The van der Waals surface area contributed by atoms with Gasteiger partial charge in [-0.1, -0.05) is 15.9 Å². The third kappa shape index (κ3) is 3.77. The predicted molar refractivity (Wildman–Crippen MR) is 98.5 cm³/mol. The minimum atomic E-state index is -0.348. The first-order valence-corrected chi connectivity index (χ1v) is 9.03. The van der Waals surface area contributed by atoms with Gasteiger partial charge in [-0.3, -0.25) is 4.79 Å². The molecule has 138 valence electrons. The number of benzene rings is 2. The molecule has 0 aliphatic carbocycles. The summed E-state index contributed by atoms with van der Waals surface area (Å²) in [6, 6.07) is 7.94. The van der Waals surface area contributed by atoms with E-state index < -0.39 is 0 Å². The lowest BCUT2D eigenvalue weighted by Crippen LogP contribution is -2.31. The highest BCUT2D eigenvalue weighted by atomic mass is 79.9. The molecule has 0 saturated heterocycles. The van der Waals surface area contributed by atoms with Crippen molar-refractivity contribution in [3.63, 3.8) is 0 Å². The van der Waals surface area contributed by atoms with E-state index in [1.165, 1.54) is 13.2 Å². The van der Waals surface area contributed by atoms with E-state index in [0.717, 1.165) is 4.47 Å². The van der Waals surface area contributed by atoms with Crippen molar-refractivity contribution in [3.05, 3.63) is 51.7 Å². The first kappa shape index (κ1) is 18.5. The molecule has 26 heavy (non-hydrogen) atoms. The zero-order chi connectivity index (χ0) is 18.7. The van der Waals surface area contributed by atoms with E-state index in [9.17, 15) is 9.18 Å². The normalized spacial score (nSPS) is 12.6. The average molecular weight is 424 g/mol. The second-order valence-corrected chi connectivity index (χ2v) is 6.67. The number of hydrogen-bond donors (Lipinski definition) is 0. The van der Waals surface area contributed by atoms with Gasteiger partial charge in [0.25, 0.3) is 5.91 Å². The summed E-state index contributed by atoms with van der Waals surface area (Å²) in [5.74, 6) is 0.830. The van der Waals surface area contributed by atoms with E-state index in [1.807, 2.05) is 6.92 Å². The molecule has 0 atom stereocenters. The molecule has 0 aromatic heterocycles. The molecule has 0 saturated carbocycles. The van der Waals surface area contributed by atoms with Crippen molar-refractivity contribution in [3.8, 4) is 17.2 Å². The third-order valence-corrected chi connectivity index (χ3v) is 4.61. The van der Waals surface area contributed by atoms with E-state index in [0.29, 0.717) is 48.1 Å². The Morgan fingerprint density at radius 2 is 2.04 bits per heavy atom. The Kier molecular flexibility index (Phi) is 5.66. The Hall–Kier alpha value is -2.28. The first-order chi connectivity index (χ1) is 12.5. The van der Waals surface area contributed by atoms with Gasteiger partial charge in [-0.25, -0.2) is 4.39 Å². The van der Waals surface area contributed by atoms with Crippen molar-refractivity contribution >= 4 is 21.8 Å². The van der Waals surface area contributed by atoms with Gasteiger partial charge in [0.05, 0.1) is 7.11 Å². The second-order valence-electron chi connectivity index (χ2n) is 5.76. The van der Waals surface area contributed by atoms with Crippen LogP contribution in [0.15, 0.2) is 34.8 Å². The quantitative estimate of drug-likeness (QED) is 0.728. The van der Waals surface area contributed by atoms with Gasteiger partial charge in [-0.2, -0.15) is 0 Å². The van der Waals surface area contributed by atoms with Crippen LogP contribution in [0.1, 0.15) is 22.8 Å². The number of nitrogens with zero attached hydrogens (tertiary/aromatic N) is 1. The highest BCUT2D eigenvalue weighted by Crippen LogP contribution is 2.40. The minimum absolute atomic E-state index is 0.164. The number of carbonyl (C=O) groups is 1. The molecule has 1 aliphatic heterocycles. The molecular formula is C19H19BrFNO4. The zero-order valence-electron chi connectivity index (χ0n) is 14.6. The lowest BCUT2D eigenvalue weighted by Gasteiger charge is -2.24. The molecule has 5 nitrogen and oxygen atoms in total. The lowest BCUT2D eigenvalue weighted by atomic mass is 10.1. The topological polar surface area (TPSA) is 48.0 Å². The molecule has 0 fully saturated rings. The van der Waals surface area contributed by atoms with Crippen LogP contribution in [-0.4, -0.2) is 37.7 Å². The Bertz CT molecular complexity index is 810.